The smallest absolute Gasteiger partial charge is 0.258 e. The van der Waals surface area contributed by atoms with Crippen LogP contribution >= 0.6 is 11.6 Å². The number of rotatable bonds is 7. The van der Waals surface area contributed by atoms with E-state index in [0.717, 1.165) is 6.07 Å². The first-order valence-corrected chi connectivity index (χ1v) is 12.5. The number of sulfonamides is 1. The van der Waals surface area contributed by atoms with E-state index < -0.39 is 33.6 Å². The van der Waals surface area contributed by atoms with Crippen LogP contribution in [0.15, 0.2) is 36.7 Å². The largest absolute Gasteiger partial charge is 0.347 e. The van der Waals surface area contributed by atoms with Crippen LogP contribution in [0.5, 0.6) is 0 Å². The van der Waals surface area contributed by atoms with E-state index in [9.17, 15) is 17.2 Å². The van der Waals surface area contributed by atoms with E-state index in [1.54, 1.807) is 16.7 Å². The van der Waals surface area contributed by atoms with Crippen LogP contribution in [-0.4, -0.2) is 29.6 Å². The first-order chi connectivity index (χ1) is 15.4. The minimum absolute atomic E-state index is 0.0334. The van der Waals surface area contributed by atoms with Crippen molar-refractivity contribution in [1.29, 1.82) is 0 Å². The summed E-state index contributed by atoms with van der Waals surface area (Å²) in [7, 11) is -3.90. The highest BCUT2D eigenvalue weighted by molar-refractivity contribution is 7.90. The maximum atomic E-state index is 15.2. The Morgan fingerprint density at radius 1 is 1.27 bits per heavy atom. The Morgan fingerprint density at radius 2 is 1.97 bits per heavy atom. The number of alkyl halides is 2. The molecule has 178 valence electrons. The standard InChI is InChI=1S/C23H25ClF3N3O2S/c1-23(2,3)12-30-11-16(21(22(26)27)29-33(31,32)13-6-7-13)14-9-18(25)15(10-19(14)30)20-17(24)5-4-8-28-20/h4-5,8-11,13,21-22,29H,6-7,12H2,1-3H3/t21-/m0/s1. The molecular weight excluding hydrogens is 475 g/mol. The van der Waals surface area contributed by atoms with Crippen molar-refractivity contribution < 1.29 is 21.6 Å². The van der Waals surface area contributed by atoms with Gasteiger partial charge in [-0.05, 0) is 42.5 Å². The summed E-state index contributed by atoms with van der Waals surface area (Å²) in [6.07, 6.45) is 0.856. The van der Waals surface area contributed by atoms with Crippen molar-refractivity contribution in [3.63, 3.8) is 0 Å². The molecule has 0 amide bonds. The van der Waals surface area contributed by atoms with Crippen molar-refractivity contribution in [2.75, 3.05) is 0 Å². The van der Waals surface area contributed by atoms with Gasteiger partial charge in [0.25, 0.3) is 6.43 Å². The minimum Gasteiger partial charge on any atom is -0.347 e. The molecule has 1 atom stereocenters. The second-order valence-corrected chi connectivity index (χ2v) is 12.0. The number of hydrogen-bond donors (Lipinski definition) is 1. The zero-order valence-corrected chi connectivity index (χ0v) is 20.0. The number of halogens is 4. The van der Waals surface area contributed by atoms with Crippen LogP contribution in [0.2, 0.25) is 5.02 Å². The molecule has 2 heterocycles. The number of nitrogens with zero attached hydrogens (tertiary/aromatic N) is 2. The fraction of sp³-hybridized carbons (Fsp3) is 0.435. The van der Waals surface area contributed by atoms with Crippen LogP contribution < -0.4 is 4.72 Å². The lowest BCUT2D eigenvalue weighted by molar-refractivity contribution is 0.109. The highest BCUT2D eigenvalue weighted by Gasteiger charge is 2.40. The van der Waals surface area contributed by atoms with Gasteiger partial charge in [0.15, 0.2) is 0 Å². The van der Waals surface area contributed by atoms with E-state index in [-0.39, 0.29) is 32.6 Å². The molecule has 0 saturated heterocycles. The van der Waals surface area contributed by atoms with Gasteiger partial charge in [-0.25, -0.2) is 26.3 Å². The Bertz CT molecular complexity index is 1300. The third-order valence-electron chi connectivity index (χ3n) is 5.50. The van der Waals surface area contributed by atoms with Crippen LogP contribution in [0, 0.1) is 11.2 Å². The summed E-state index contributed by atoms with van der Waals surface area (Å²) in [4.78, 5) is 4.17. The van der Waals surface area contributed by atoms with E-state index >= 15 is 4.39 Å². The molecule has 0 bridgehead atoms. The molecule has 2 aromatic heterocycles. The number of nitrogens with one attached hydrogen (secondary N) is 1. The molecule has 0 radical (unpaired) electrons. The van der Waals surface area contributed by atoms with E-state index in [4.69, 9.17) is 11.6 Å². The molecule has 0 aliphatic heterocycles. The molecule has 4 rings (SSSR count). The van der Waals surface area contributed by atoms with E-state index in [2.05, 4.69) is 9.71 Å². The second-order valence-electron chi connectivity index (χ2n) is 9.63. The lowest BCUT2D eigenvalue weighted by atomic mass is 9.97. The zero-order valence-electron chi connectivity index (χ0n) is 18.4. The molecule has 0 spiro atoms. The minimum atomic E-state index is -3.90. The molecule has 1 aromatic carbocycles. The molecule has 5 nitrogen and oxygen atoms in total. The average molecular weight is 500 g/mol. The van der Waals surface area contributed by atoms with Crippen LogP contribution in [0.1, 0.15) is 45.2 Å². The number of benzene rings is 1. The Balaban J connectivity index is 1.91. The Morgan fingerprint density at radius 3 is 2.55 bits per heavy atom. The quantitative estimate of drug-likeness (QED) is 0.438. The first-order valence-electron chi connectivity index (χ1n) is 10.6. The lowest BCUT2D eigenvalue weighted by Gasteiger charge is -2.20. The summed E-state index contributed by atoms with van der Waals surface area (Å²) < 4.78 is 72.3. The fourth-order valence-electron chi connectivity index (χ4n) is 3.89. The fourth-order valence-corrected chi connectivity index (χ4v) is 5.65. The van der Waals surface area contributed by atoms with Gasteiger partial charge in [-0.3, -0.25) is 4.98 Å². The molecule has 1 saturated carbocycles. The van der Waals surface area contributed by atoms with Crippen molar-refractivity contribution in [3.05, 3.63) is 53.1 Å². The number of aromatic nitrogens is 2. The molecule has 3 aromatic rings. The van der Waals surface area contributed by atoms with Crippen LogP contribution in [0.4, 0.5) is 13.2 Å². The van der Waals surface area contributed by atoms with E-state index in [1.165, 1.54) is 18.5 Å². The van der Waals surface area contributed by atoms with Crippen LogP contribution in [0.25, 0.3) is 22.2 Å². The highest BCUT2D eigenvalue weighted by Crippen LogP contribution is 2.38. The van der Waals surface area contributed by atoms with Crippen molar-refractivity contribution in [1.82, 2.24) is 14.3 Å². The SMILES string of the molecule is CC(C)(C)Cn1cc([C@H](NS(=O)(=O)C2CC2)C(F)F)c2cc(F)c(-c3ncccc3Cl)cc21. The molecular formula is C23H25ClF3N3O2S. The van der Waals surface area contributed by atoms with Gasteiger partial charge < -0.3 is 4.57 Å². The summed E-state index contributed by atoms with van der Waals surface area (Å²) in [5, 5.41) is -0.180. The molecule has 1 aliphatic rings. The van der Waals surface area contributed by atoms with Gasteiger partial charge in [0.1, 0.15) is 11.9 Å². The predicted octanol–water partition coefficient (Wildman–Crippen LogP) is 5.93. The van der Waals surface area contributed by atoms with Gasteiger partial charge in [-0.2, -0.15) is 0 Å². The predicted molar refractivity (Wildman–Crippen MR) is 123 cm³/mol. The van der Waals surface area contributed by atoms with Crippen LogP contribution in [0.3, 0.4) is 0 Å². The highest BCUT2D eigenvalue weighted by atomic mass is 35.5. The van der Waals surface area contributed by atoms with Crippen LogP contribution in [-0.2, 0) is 16.6 Å². The van der Waals surface area contributed by atoms with Gasteiger partial charge in [-0.1, -0.05) is 32.4 Å². The monoisotopic (exact) mass is 499 g/mol. The normalized spacial score (nSPS) is 16.0. The molecule has 0 unspecified atom stereocenters. The van der Waals surface area contributed by atoms with Gasteiger partial charge in [0.05, 0.1) is 16.0 Å². The summed E-state index contributed by atoms with van der Waals surface area (Å²) in [6, 6.07) is 4.12. The number of hydrogen-bond acceptors (Lipinski definition) is 3. The summed E-state index contributed by atoms with van der Waals surface area (Å²) in [6.45, 7) is 6.40. The molecule has 1 aliphatic carbocycles. The van der Waals surface area contributed by atoms with Crippen molar-refractivity contribution in [2.24, 2.45) is 5.41 Å². The Hall–Kier alpha value is -2.10. The van der Waals surface area contributed by atoms with Gasteiger partial charge >= 0.3 is 0 Å². The van der Waals surface area contributed by atoms with Crippen molar-refractivity contribution in [2.45, 2.75) is 57.9 Å². The zero-order chi connectivity index (χ0) is 24.1. The second kappa shape index (κ2) is 8.60. The molecule has 1 fully saturated rings. The lowest BCUT2D eigenvalue weighted by Crippen LogP contribution is -2.35. The number of fused-ring (bicyclic) bond motifs is 1. The van der Waals surface area contributed by atoms with Gasteiger partial charge in [0, 0.05) is 41.0 Å². The first kappa shape index (κ1) is 24.0. The number of pyridine rings is 1. The maximum absolute atomic E-state index is 15.2. The van der Waals surface area contributed by atoms with E-state index in [0.29, 0.717) is 24.9 Å². The third-order valence-corrected chi connectivity index (χ3v) is 7.74. The summed E-state index contributed by atoms with van der Waals surface area (Å²) >= 11 is 6.22. The topological polar surface area (TPSA) is 64.0 Å². The van der Waals surface area contributed by atoms with Gasteiger partial charge in [0.2, 0.25) is 10.0 Å². The Labute approximate surface area is 196 Å². The van der Waals surface area contributed by atoms with Crippen molar-refractivity contribution in [3.8, 4) is 11.3 Å². The summed E-state index contributed by atoms with van der Waals surface area (Å²) in [5.74, 6) is -0.684. The molecule has 1 N–H and O–H groups in total. The molecule has 33 heavy (non-hydrogen) atoms. The van der Waals surface area contributed by atoms with Crippen molar-refractivity contribution >= 4 is 32.5 Å². The van der Waals surface area contributed by atoms with E-state index in [1.807, 2.05) is 20.8 Å². The van der Waals surface area contributed by atoms with Gasteiger partial charge in [-0.15, -0.1) is 0 Å². The third kappa shape index (κ3) is 5.05. The maximum Gasteiger partial charge on any atom is 0.258 e. The average Bonchev–Trinajstić information content (AvgIpc) is 3.51. The molecule has 10 heteroatoms. The summed E-state index contributed by atoms with van der Waals surface area (Å²) in [5.41, 5.74) is 0.678. The Kier molecular flexibility index (Phi) is 6.26.